The smallest absolute Gasteiger partial charge is 0.263 e. The van der Waals surface area contributed by atoms with Gasteiger partial charge < -0.3 is 5.73 Å². The van der Waals surface area contributed by atoms with Crippen LogP contribution < -0.4 is 5.73 Å². The van der Waals surface area contributed by atoms with Crippen LogP contribution in [0.3, 0.4) is 0 Å². The summed E-state index contributed by atoms with van der Waals surface area (Å²) in [6.07, 6.45) is 0. The van der Waals surface area contributed by atoms with E-state index in [4.69, 9.17) is 5.73 Å². The molecule has 106 valence electrons. The lowest BCUT2D eigenvalue weighted by Crippen LogP contribution is -2.29. The number of carbonyl (C=O) groups is 2. The van der Waals surface area contributed by atoms with Gasteiger partial charge in [-0.2, -0.15) is 0 Å². The number of benzene rings is 2. The highest BCUT2D eigenvalue weighted by Crippen LogP contribution is 2.29. The molecule has 1 heterocycles. The van der Waals surface area contributed by atoms with Crippen molar-refractivity contribution in [1.82, 2.24) is 4.90 Å². The molecule has 0 bridgehead atoms. The summed E-state index contributed by atoms with van der Waals surface area (Å²) in [5, 5.41) is 0. The van der Waals surface area contributed by atoms with Crippen LogP contribution in [0.25, 0.3) is 0 Å². The zero-order valence-electron chi connectivity index (χ0n) is 10.8. The topological polar surface area (TPSA) is 63.4 Å². The van der Waals surface area contributed by atoms with Crippen LogP contribution in [-0.4, -0.2) is 16.7 Å². The Hall–Kier alpha value is -2.21. The van der Waals surface area contributed by atoms with E-state index in [9.17, 15) is 14.0 Å². The average molecular weight is 349 g/mol. The van der Waals surface area contributed by atoms with Crippen LogP contribution in [0.4, 0.5) is 10.1 Å². The number of amides is 2. The molecule has 0 radical (unpaired) electrons. The number of hydrogen-bond acceptors (Lipinski definition) is 3. The molecular weight excluding hydrogens is 339 g/mol. The molecule has 21 heavy (non-hydrogen) atoms. The molecule has 4 nitrogen and oxygen atoms in total. The number of fused-ring (bicyclic) bond motifs is 1. The summed E-state index contributed by atoms with van der Waals surface area (Å²) in [7, 11) is 0. The fraction of sp³-hybridized carbons (Fsp3) is 0.0667. The van der Waals surface area contributed by atoms with Crippen molar-refractivity contribution < 1.29 is 14.0 Å². The SMILES string of the molecule is Nc1cccc2c1C(=O)N(Cc1ccc(Br)c(F)c1)C2=O. The van der Waals surface area contributed by atoms with Gasteiger partial charge in [0, 0.05) is 5.69 Å². The van der Waals surface area contributed by atoms with Crippen LogP contribution in [0.15, 0.2) is 40.9 Å². The predicted octanol–water partition coefficient (Wildman–Crippen LogP) is 2.97. The minimum absolute atomic E-state index is 0.00991. The van der Waals surface area contributed by atoms with E-state index in [0.717, 1.165) is 4.90 Å². The molecule has 0 aliphatic carbocycles. The number of halogens is 2. The molecule has 0 spiro atoms. The third-order valence-electron chi connectivity index (χ3n) is 3.36. The zero-order valence-corrected chi connectivity index (χ0v) is 12.4. The molecule has 2 N–H and O–H groups in total. The van der Waals surface area contributed by atoms with E-state index in [-0.39, 0.29) is 23.4 Å². The summed E-state index contributed by atoms with van der Waals surface area (Å²) in [4.78, 5) is 25.6. The Morgan fingerprint density at radius 1 is 1.14 bits per heavy atom. The summed E-state index contributed by atoms with van der Waals surface area (Å²) >= 11 is 3.06. The van der Waals surface area contributed by atoms with E-state index in [1.165, 1.54) is 12.1 Å². The van der Waals surface area contributed by atoms with Gasteiger partial charge in [0.2, 0.25) is 0 Å². The molecule has 1 aliphatic rings. The van der Waals surface area contributed by atoms with Gasteiger partial charge in [0.15, 0.2) is 0 Å². The summed E-state index contributed by atoms with van der Waals surface area (Å²) in [5.41, 5.74) is 7.07. The fourth-order valence-corrected chi connectivity index (χ4v) is 2.57. The maximum Gasteiger partial charge on any atom is 0.263 e. The number of nitrogen functional groups attached to an aromatic ring is 1. The van der Waals surface area contributed by atoms with Crippen LogP contribution in [0.1, 0.15) is 26.3 Å². The first-order valence-corrected chi connectivity index (χ1v) is 6.97. The maximum absolute atomic E-state index is 13.5. The van der Waals surface area contributed by atoms with Crippen molar-refractivity contribution in [2.45, 2.75) is 6.54 Å². The van der Waals surface area contributed by atoms with Gasteiger partial charge >= 0.3 is 0 Å². The molecule has 6 heteroatoms. The van der Waals surface area contributed by atoms with Crippen molar-refractivity contribution in [3.05, 3.63) is 63.4 Å². The third kappa shape index (κ3) is 2.21. The van der Waals surface area contributed by atoms with Gasteiger partial charge in [0.05, 0.1) is 22.1 Å². The number of carbonyl (C=O) groups excluding carboxylic acids is 2. The number of anilines is 1. The summed E-state index contributed by atoms with van der Waals surface area (Å²) in [6.45, 7) is 0.00991. The predicted molar refractivity (Wildman–Crippen MR) is 79.2 cm³/mol. The van der Waals surface area contributed by atoms with Crippen molar-refractivity contribution in [3.63, 3.8) is 0 Å². The fourth-order valence-electron chi connectivity index (χ4n) is 2.32. The van der Waals surface area contributed by atoms with E-state index in [0.29, 0.717) is 10.0 Å². The summed E-state index contributed by atoms with van der Waals surface area (Å²) in [5.74, 6) is -1.30. The Morgan fingerprint density at radius 3 is 2.57 bits per heavy atom. The molecule has 0 unspecified atom stereocenters. The Balaban J connectivity index is 1.95. The summed E-state index contributed by atoms with van der Waals surface area (Å²) in [6, 6.07) is 9.25. The molecular formula is C15H10BrFN2O2. The molecule has 0 aromatic heterocycles. The minimum Gasteiger partial charge on any atom is -0.398 e. The van der Waals surface area contributed by atoms with E-state index < -0.39 is 17.6 Å². The van der Waals surface area contributed by atoms with Crippen LogP contribution in [0.2, 0.25) is 0 Å². The molecule has 0 saturated heterocycles. The average Bonchev–Trinajstić information content (AvgIpc) is 2.69. The molecule has 2 aromatic carbocycles. The zero-order chi connectivity index (χ0) is 15.1. The molecule has 0 saturated carbocycles. The highest BCUT2D eigenvalue weighted by atomic mass is 79.9. The van der Waals surface area contributed by atoms with E-state index >= 15 is 0 Å². The van der Waals surface area contributed by atoms with Crippen LogP contribution in [-0.2, 0) is 6.54 Å². The van der Waals surface area contributed by atoms with E-state index in [1.807, 2.05) is 0 Å². The van der Waals surface area contributed by atoms with Crippen molar-refractivity contribution in [3.8, 4) is 0 Å². The van der Waals surface area contributed by atoms with Crippen molar-refractivity contribution >= 4 is 33.4 Å². The van der Waals surface area contributed by atoms with Gasteiger partial charge in [-0.1, -0.05) is 12.1 Å². The molecule has 2 aromatic rings. The van der Waals surface area contributed by atoms with Gasteiger partial charge in [-0.3, -0.25) is 14.5 Å². The van der Waals surface area contributed by atoms with Gasteiger partial charge in [0.25, 0.3) is 11.8 Å². The molecule has 3 rings (SSSR count). The first-order chi connectivity index (χ1) is 9.99. The minimum atomic E-state index is -0.448. The Kier molecular flexibility index (Phi) is 3.25. The van der Waals surface area contributed by atoms with Crippen LogP contribution in [0.5, 0.6) is 0 Å². The normalized spacial score (nSPS) is 13.7. The van der Waals surface area contributed by atoms with Crippen molar-refractivity contribution in [1.29, 1.82) is 0 Å². The first-order valence-electron chi connectivity index (χ1n) is 6.17. The standard InChI is InChI=1S/C15H10BrFN2O2/c16-10-5-4-8(6-11(10)17)7-19-14(20)9-2-1-3-12(18)13(9)15(19)21/h1-6H,7,18H2. The monoisotopic (exact) mass is 348 g/mol. The van der Waals surface area contributed by atoms with Gasteiger partial charge in [-0.15, -0.1) is 0 Å². The number of imide groups is 1. The van der Waals surface area contributed by atoms with Crippen molar-refractivity contribution in [2.75, 3.05) is 5.73 Å². The maximum atomic E-state index is 13.5. The first kappa shape index (κ1) is 13.8. The largest absolute Gasteiger partial charge is 0.398 e. The Morgan fingerprint density at radius 2 is 1.90 bits per heavy atom. The molecule has 2 amide bonds. The lowest BCUT2D eigenvalue weighted by Gasteiger charge is -2.14. The Bertz CT molecular complexity index is 776. The van der Waals surface area contributed by atoms with E-state index in [2.05, 4.69) is 15.9 Å². The second-order valence-corrected chi connectivity index (χ2v) is 5.57. The highest BCUT2D eigenvalue weighted by Gasteiger charge is 2.36. The van der Waals surface area contributed by atoms with E-state index in [1.54, 1.807) is 24.3 Å². The van der Waals surface area contributed by atoms with Gasteiger partial charge in [-0.05, 0) is 45.8 Å². The second-order valence-electron chi connectivity index (χ2n) is 4.71. The quantitative estimate of drug-likeness (QED) is 0.670. The van der Waals surface area contributed by atoms with Crippen LogP contribution >= 0.6 is 15.9 Å². The van der Waals surface area contributed by atoms with Gasteiger partial charge in [0.1, 0.15) is 5.82 Å². The van der Waals surface area contributed by atoms with Gasteiger partial charge in [-0.25, -0.2) is 4.39 Å². The lowest BCUT2D eigenvalue weighted by molar-refractivity contribution is 0.0642. The molecule has 0 atom stereocenters. The number of nitrogens with zero attached hydrogens (tertiary/aromatic N) is 1. The van der Waals surface area contributed by atoms with Crippen molar-refractivity contribution in [2.24, 2.45) is 0 Å². The highest BCUT2D eigenvalue weighted by molar-refractivity contribution is 9.10. The molecule has 1 aliphatic heterocycles. The number of nitrogens with two attached hydrogens (primary N) is 1. The summed E-state index contributed by atoms with van der Waals surface area (Å²) < 4.78 is 13.9. The third-order valence-corrected chi connectivity index (χ3v) is 4.00. The number of hydrogen-bond donors (Lipinski definition) is 1. The van der Waals surface area contributed by atoms with Crippen LogP contribution in [0, 0.1) is 5.82 Å². The number of rotatable bonds is 2. The Labute approximate surface area is 128 Å². The lowest BCUT2D eigenvalue weighted by atomic mass is 10.1. The second kappa shape index (κ2) is 4.96. The molecule has 0 fully saturated rings.